The van der Waals surface area contributed by atoms with Crippen molar-refractivity contribution in [2.45, 2.75) is 38.0 Å². The molecule has 21 heavy (non-hydrogen) atoms. The maximum Gasteiger partial charge on any atom is 0.305 e. The molecule has 7 nitrogen and oxygen atoms in total. The second-order valence-electron chi connectivity index (χ2n) is 5.06. The van der Waals surface area contributed by atoms with Crippen LogP contribution in [0, 0.1) is 0 Å². The molecule has 2 heterocycles. The van der Waals surface area contributed by atoms with E-state index < -0.39 is 5.97 Å². The molecule has 8 heteroatoms. The highest BCUT2D eigenvalue weighted by Gasteiger charge is 2.36. The van der Waals surface area contributed by atoms with Crippen LogP contribution in [0.1, 0.15) is 19.3 Å². The Bertz CT molecular complexity index is 519. The van der Waals surface area contributed by atoms with E-state index >= 15 is 0 Å². The first-order valence-electron chi connectivity index (χ1n) is 6.71. The Balaban J connectivity index is 1.93. The van der Waals surface area contributed by atoms with Crippen molar-refractivity contribution >= 4 is 23.5 Å². The number of carbonyl (C=O) groups excluding carboxylic acids is 1. The summed E-state index contributed by atoms with van der Waals surface area (Å²) in [5.74, 6) is -0.999. The van der Waals surface area contributed by atoms with Crippen LogP contribution in [-0.4, -0.2) is 57.5 Å². The first-order chi connectivity index (χ1) is 9.99. The Kier molecular flexibility index (Phi) is 5.19. The summed E-state index contributed by atoms with van der Waals surface area (Å²) in [6.45, 7) is 0.854. The third-order valence-corrected chi connectivity index (χ3v) is 3.79. The number of likely N-dealkylation sites (tertiary alicyclic amines) is 1. The number of ether oxygens (including phenoxy) is 1. The normalized spacial score (nSPS) is 21.7. The van der Waals surface area contributed by atoms with Crippen LogP contribution < -0.4 is 0 Å². The third-order valence-electron chi connectivity index (χ3n) is 3.60. The van der Waals surface area contributed by atoms with Gasteiger partial charge in [-0.3, -0.25) is 14.3 Å². The van der Waals surface area contributed by atoms with Crippen LogP contribution in [0.2, 0.25) is 5.02 Å². The highest BCUT2D eigenvalue weighted by atomic mass is 35.5. The smallest absolute Gasteiger partial charge is 0.305 e. The molecule has 0 aliphatic carbocycles. The monoisotopic (exact) mass is 315 g/mol. The number of aryl methyl sites for hydroxylation is 1. The lowest BCUT2D eigenvalue weighted by Gasteiger charge is -2.23. The number of hydrogen-bond acceptors (Lipinski definition) is 4. The number of methoxy groups -OCH3 is 1. The van der Waals surface area contributed by atoms with Crippen molar-refractivity contribution in [2.75, 3.05) is 13.7 Å². The SMILES string of the molecule is COC1CC(CC(=O)O)N(C(=O)CCn2cc(Cl)cn2)C1. The van der Waals surface area contributed by atoms with Gasteiger partial charge in [0, 0.05) is 38.9 Å². The fourth-order valence-corrected chi connectivity index (χ4v) is 2.72. The molecule has 1 aliphatic rings. The summed E-state index contributed by atoms with van der Waals surface area (Å²) in [4.78, 5) is 24.8. The molecule has 1 saturated heterocycles. The number of amides is 1. The first kappa shape index (κ1) is 15.8. The number of hydrogen-bond donors (Lipinski definition) is 1. The summed E-state index contributed by atoms with van der Waals surface area (Å²) in [6, 6.07) is -0.304. The molecule has 2 unspecified atom stereocenters. The zero-order chi connectivity index (χ0) is 15.4. The molecule has 1 aromatic rings. The van der Waals surface area contributed by atoms with Crippen molar-refractivity contribution in [3.8, 4) is 0 Å². The van der Waals surface area contributed by atoms with Crippen LogP contribution >= 0.6 is 11.6 Å². The predicted molar refractivity (Wildman–Crippen MR) is 75.0 cm³/mol. The molecule has 2 atom stereocenters. The van der Waals surface area contributed by atoms with Gasteiger partial charge in [0.05, 0.1) is 23.7 Å². The molecule has 0 saturated carbocycles. The van der Waals surface area contributed by atoms with Crippen molar-refractivity contribution in [3.63, 3.8) is 0 Å². The zero-order valence-electron chi connectivity index (χ0n) is 11.7. The molecule has 0 spiro atoms. The Hall–Kier alpha value is -1.60. The van der Waals surface area contributed by atoms with E-state index in [-0.39, 0.29) is 30.9 Å². The number of carbonyl (C=O) groups is 2. The third kappa shape index (κ3) is 4.18. The van der Waals surface area contributed by atoms with E-state index in [9.17, 15) is 9.59 Å². The van der Waals surface area contributed by atoms with E-state index in [1.165, 1.54) is 6.20 Å². The first-order valence-corrected chi connectivity index (χ1v) is 7.09. The lowest BCUT2D eigenvalue weighted by Crippen LogP contribution is -2.37. The molecule has 1 aliphatic heterocycles. The molecular weight excluding hydrogens is 298 g/mol. The highest BCUT2D eigenvalue weighted by Crippen LogP contribution is 2.23. The van der Waals surface area contributed by atoms with Gasteiger partial charge in [-0.25, -0.2) is 0 Å². The lowest BCUT2D eigenvalue weighted by molar-refractivity contribution is -0.140. The zero-order valence-corrected chi connectivity index (χ0v) is 12.5. The van der Waals surface area contributed by atoms with Gasteiger partial charge in [0.25, 0.3) is 0 Å². The number of halogens is 1. The molecule has 1 fully saturated rings. The van der Waals surface area contributed by atoms with Gasteiger partial charge in [-0.05, 0) is 6.42 Å². The average Bonchev–Trinajstić information content (AvgIpc) is 3.02. The van der Waals surface area contributed by atoms with Gasteiger partial charge >= 0.3 is 5.97 Å². The van der Waals surface area contributed by atoms with Crippen molar-refractivity contribution in [1.29, 1.82) is 0 Å². The summed E-state index contributed by atoms with van der Waals surface area (Å²) in [6.07, 6.45) is 3.81. The van der Waals surface area contributed by atoms with Crippen LogP contribution in [0.4, 0.5) is 0 Å². The highest BCUT2D eigenvalue weighted by molar-refractivity contribution is 6.30. The minimum atomic E-state index is -0.909. The summed E-state index contributed by atoms with van der Waals surface area (Å²) in [5, 5.41) is 13.5. The topological polar surface area (TPSA) is 84.7 Å². The van der Waals surface area contributed by atoms with E-state index in [1.807, 2.05) is 0 Å². The van der Waals surface area contributed by atoms with Crippen LogP contribution in [0.3, 0.4) is 0 Å². The fraction of sp³-hybridized carbons (Fsp3) is 0.615. The van der Waals surface area contributed by atoms with Gasteiger partial charge in [-0.2, -0.15) is 5.10 Å². The van der Waals surface area contributed by atoms with Crippen LogP contribution in [0.15, 0.2) is 12.4 Å². The van der Waals surface area contributed by atoms with Gasteiger partial charge in [0.1, 0.15) is 0 Å². The number of nitrogens with zero attached hydrogens (tertiary/aromatic N) is 3. The van der Waals surface area contributed by atoms with Gasteiger partial charge in [-0.1, -0.05) is 11.6 Å². The average molecular weight is 316 g/mol. The number of carboxylic acids is 1. The van der Waals surface area contributed by atoms with E-state index in [1.54, 1.807) is 22.9 Å². The number of carboxylic acid groups (broad SMARTS) is 1. The van der Waals surface area contributed by atoms with Gasteiger partial charge in [0.15, 0.2) is 0 Å². The van der Waals surface area contributed by atoms with E-state index in [0.717, 1.165) is 0 Å². The molecular formula is C13H18ClN3O4. The molecule has 2 rings (SSSR count). The summed E-state index contributed by atoms with van der Waals surface area (Å²) in [7, 11) is 1.57. The van der Waals surface area contributed by atoms with E-state index in [4.69, 9.17) is 21.4 Å². The minimum absolute atomic E-state index is 0.0564. The maximum atomic E-state index is 12.3. The summed E-state index contributed by atoms with van der Waals surface area (Å²) in [5.41, 5.74) is 0. The Morgan fingerprint density at radius 1 is 1.57 bits per heavy atom. The van der Waals surface area contributed by atoms with E-state index in [2.05, 4.69) is 5.10 Å². The lowest BCUT2D eigenvalue weighted by atomic mass is 10.1. The van der Waals surface area contributed by atoms with Gasteiger partial charge < -0.3 is 14.7 Å². The Labute approximate surface area is 127 Å². The maximum absolute atomic E-state index is 12.3. The van der Waals surface area contributed by atoms with Crippen LogP contribution in [-0.2, 0) is 20.9 Å². The van der Waals surface area contributed by atoms with Crippen molar-refractivity contribution < 1.29 is 19.4 Å². The predicted octanol–water partition coefficient (Wildman–Crippen LogP) is 1.02. The van der Waals surface area contributed by atoms with Crippen LogP contribution in [0.5, 0.6) is 0 Å². The molecule has 1 N–H and O–H groups in total. The van der Waals surface area contributed by atoms with Crippen molar-refractivity contribution in [3.05, 3.63) is 17.4 Å². The second kappa shape index (κ2) is 6.91. The number of aromatic nitrogens is 2. The Morgan fingerprint density at radius 3 is 2.90 bits per heavy atom. The minimum Gasteiger partial charge on any atom is -0.481 e. The number of aliphatic carboxylic acids is 1. The molecule has 0 radical (unpaired) electrons. The molecule has 1 amide bonds. The standard InChI is InChI=1S/C13H18ClN3O4/c1-21-11-4-10(5-13(19)20)17(8-11)12(18)2-3-16-7-9(14)6-15-16/h6-7,10-11H,2-5,8H2,1H3,(H,19,20). The second-order valence-corrected chi connectivity index (χ2v) is 5.50. The van der Waals surface area contributed by atoms with Crippen molar-refractivity contribution in [2.24, 2.45) is 0 Å². The molecule has 0 bridgehead atoms. The molecule has 116 valence electrons. The van der Waals surface area contributed by atoms with Crippen LogP contribution in [0.25, 0.3) is 0 Å². The van der Waals surface area contributed by atoms with Gasteiger partial charge in [-0.15, -0.1) is 0 Å². The van der Waals surface area contributed by atoms with E-state index in [0.29, 0.717) is 24.5 Å². The molecule has 0 aromatic carbocycles. The Morgan fingerprint density at radius 2 is 2.33 bits per heavy atom. The quantitative estimate of drug-likeness (QED) is 0.847. The summed E-state index contributed by atoms with van der Waals surface area (Å²) >= 11 is 5.76. The van der Waals surface area contributed by atoms with Gasteiger partial charge in [0.2, 0.25) is 5.91 Å². The largest absolute Gasteiger partial charge is 0.481 e. The molecule has 1 aromatic heterocycles. The number of rotatable bonds is 6. The fourth-order valence-electron chi connectivity index (χ4n) is 2.56. The summed E-state index contributed by atoms with van der Waals surface area (Å²) < 4.78 is 6.84. The van der Waals surface area contributed by atoms with Crippen molar-refractivity contribution in [1.82, 2.24) is 14.7 Å².